The van der Waals surface area contributed by atoms with E-state index < -0.39 is 16.9 Å². The first kappa shape index (κ1) is 31.9. The predicted octanol–water partition coefficient (Wildman–Crippen LogP) is 5.13. The monoisotopic (exact) mass is 636 g/mol. The number of fused-ring (bicyclic) bond motifs is 1. The van der Waals surface area contributed by atoms with Gasteiger partial charge in [0, 0.05) is 30.4 Å². The van der Waals surface area contributed by atoms with Crippen LogP contribution in [0.4, 0.5) is 15.9 Å². The molecule has 5 heterocycles. The molecule has 0 bridgehead atoms. The summed E-state index contributed by atoms with van der Waals surface area (Å²) in [5.41, 5.74) is 1.18. The van der Waals surface area contributed by atoms with Gasteiger partial charge >= 0.3 is 0 Å². The van der Waals surface area contributed by atoms with Crippen molar-refractivity contribution in [2.45, 2.75) is 51.9 Å². The maximum Gasteiger partial charge on any atom is 0.290 e. The van der Waals surface area contributed by atoms with Crippen LogP contribution >= 0.6 is 0 Å². The van der Waals surface area contributed by atoms with E-state index in [4.69, 9.17) is 0 Å². The van der Waals surface area contributed by atoms with Crippen LogP contribution in [0.15, 0.2) is 64.6 Å². The smallest absolute Gasteiger partial charge is 0.290 e. The van der Waals surface area contributed by atoms with Crippen molar-refractivity contribution >= 4 is 28.6 Å². The summed E-state index contributed by atoms with van der Waals surface area (Å²) in [6, 6.07) is 10.1. The molecular weight excluding hydrogens is 599 g/mol. The lowest BCUT2D eigenvalue weighted by atomic mass is 9.86. The summed E-state index contributed by atoms with van der Waals surface area (Å²) in [6.45, 7) is 11.2. The zero-order valence-corrected chi connectivity index (χ0v) is 27.1. The number of benzene rings is 1. The Morgan fingerprint density at radius 3 is 2.45 bits per heavy atom. The first-order valence-electron chi connectivity index (χ1n) is 15.7. The fraction of sp³-hybridized carbons (Fsp3) is 0.343. The molecule has 1 fully saturated rings. The third-order valence-electron chi connectivity index (χ3n) is 8.89. The molecule has 1 aromatic carbocycles. The van der Waals surface area contributed by atoms with Crippen molar-refractivity contribution in [3.05, 3.63) is 98.2 Å². The second-order valence-corrected chi connectivity index (χ2v) is 12.9. The normalized spacial score (nSPS) is 14.4. The molecule has 0 saturated carbocycles. The van der Waals surface area contributed by atoms with Gasteiger partial charge in [-0.2, -0.15) is 14.9 Å². The number of nitrogens with zero attached hydrogens (tertiary/aromatic N) is 7. The number of aromatic nitrogens is 6. The maximum atomic E-state index is 15.3. The largest absolute Gasteiger partial charge is 0.336 e. The van der Waals surface area contributed by atoms with E-state index in [-0.39, 0.29) is 33.6 Å². The molecular formula is C35H37FN8O3. The first-order valence-corrected chi connectivity index (χ1v) is 15.7. The number of nitrogens with one attached hydrogen (secondary N) is 1. The van der Waals surface area contributed by atoms with Gasteiger partial charge in [-0.15, -0.1) is 0 Å². The number of piperidine rings is 1. The van der Waals surface area contributed by atoms with Crippen molar-refractivity contribution in [1.29, 1.82) is 0 Å². The SMILES string of the molecule is CCN1CCC(c2ccc(Nc3cc(-c4ccnc(-n5ncc6cc(C(C)(C)C)cc(F)c6c5=O)c4C=O)nn(C)c3=O)nc2)CC1. The number of hydrogen-bond acceptors (Lipinski definition) is 9. The number of aryl methyl sites for hydroxylation is 1. The first-order chi connectivity index (χ1) is 22.5. The number of rotatable bonds is 7. The van der Waals surface area contributed by atoms with E-state index in [0.717, 1.165) is 47.4 Å². The van der Waals surface area contributed by atoms with Crippen LogP contribution in [0, 0.1) is 5.82 Å². The number of pyridine rings is 2. The summed E-state index contributed by atoms with van der Waals surface area (Å²) in [6.07, 6.45) is 7.34. The van der Waals surface area contributed by atoms with Gasteiger partial charge in [0.1, 0.15) is 17.3 Å². The number of aldehydes is 1. The topological polar surface area (TPSA) is 128 Å². The van der Waals surface area contributed by atoms with Gasteiger partial charge in [0.2, 0.25) is 0 Å². The molecule has 12 heteroatoms. The molecule has 5 aromatic rings. The summed E-state index contributed by atoms with van der Waals surface area (Å²) < 4.78 is 17.4. The van der Waals surface area contributed by atoms with Crippen molar-refractivity contribution in [2.75, 3.05) is 25.0 Å². The number of likely N-dealkylation sites (tertiary alicyclic amines) is 1. The highest BCUT2D eigenvalue weighted by atomic mass is 19.1. The Morgan fingerprint density at radius 2 is 1.79 bits per heavy atom. The van der Waals surface area contributed by atoms with Crippen LogP contribution in [0.1, 0.15) is 67.9 Å². The zero-order valence-electron chi connectivity index (χ0n) is 27.1. The van der Waals surface area contributed by atoms with E-state index in [1.807, 2.05) is 39.1 Å². The minimum Gasteiger partial charge on any atom is -0.336 e. The quantitative estimate of drug-likeness (QED) is 0.242. The third-order valence-corrected chi connectivity index (χ3v) is 8.89. The molecule has 0 aliphatic carbocycles. The van der Waals surface area contributed by atoms with Gasteiger partial charge in [0.05, 0.1) is 22.8 Å². The number of anilines is 2. The number of halogens is 1. The van der Waals surface area contributed by atoms with Crippen LogP contribution < -0.4 is 16.4 Å². The second kappa shape index (κ2) is 12.6. The third kappa shape index (κ3) is 6.20. The van der Waals surface area contributed by atoms with Gasteiger partial charge in [-0.1, -0.05) is 33.8 Å². The van der Waals surface area contributed by atoms with Gasteiger partial charge in [-0.05, 0) is 85.3 Å². The van der Waals surface area contributed by atoms with Gasteiger partial charge in [-0.3, -0.25) is 14.4 Å². The summed E-state index contributed by atoms with van der Waals surface area (Å²) in [4.78, 5) is 50.5. The molecule has 4 aromatic heterocycles. The molecule has 0 atom stereocenters. The number of carbonyl (C=O) groups excluding carboxylic acids is 1. The van der Waals surface area contributed by atoms with E-state index >= 15 is 4.39 Å². The van der Waals surface area contributed by atoms with Crippen LogP contribution in [0.5, 0.6) is 0 Å². The van der Waals surface area contributed by atoms with Gasteiger partial charge < -0.3 is 10.2 Å². The minimum atomic E-state index is -0.755. The lowest BCUT2D eigenvalue weighted by molar-refractivity contribution is 0.112. The standard InChI is InChI=1S/C35H37FN8O3/c1-6-43-13-10-21(11-14-43)22-7-8-30(38-18-22)40-29-17-28(41-42(5)33(29)46)25-9-12-37-32(26(25)20-45)44-34(47)31-23(19-39-44)15-24(16-27(31)36)35(2,3)4/h7-9,12,15-21H,6,10-11,13-14H2,1-5H3,(H,38,40). The lowest BCUT2D eigenvalue weighted by Crippen LogP contribution is -2.32. The molecule has 242 valence electrons. The van der Waals surface area contributed by atoms with Gasteiger partial charge in [0.15, 0.2) is 12.1 Å². The van der Waals surface area contributed by atoms with Crippen molar-refractivity contribution in [3.63, 3.8) is 0 Å². The summed E-state index contributed by atoms with van der Waals surface area (Å²) in [5, 5.41) is 11.9. The molecule has 0 unspecified atom stereocenters. The lowest BCUT2D eigenvalue weighted by Gasteiger charge is -2.31. The van der Waals surface area contributed by atoms with Crippen LogP contribution in [0.2, 0.25) is 0 Å². The molecule has 1 aliphatic rings. The van der Waals surface area contributed by atoms with E-state index in [2.05, 4.69) is 37.3 Å². The van der Waals surface area contributed by atoms with E-state index in [1.165, 1.54) is 37.1 Å². The minimum absolute atomic E-state index is 0.00173. The fourth-order valence-electron chi connectivity index (χ4n) is 6.06. The Kier molecular flexibility index (Phi) is 8.54. The Morgan fingerprint density at radius 1 is 1.02 bits per heavy atom. The average Bonchev–Trinajstić information content (AvgIpc) is 3.06. The fourth-order valence-corrected chi connectivity index (χ4v) is 6.06. The summed E-state index contributed by atoms with van der Waals surface area (Å²) in [5.74, 6) is 0.167. The van der Waals surface area contributed by atoms with E-state index in [1.54, 1.807) is 12.1 Å². The molecule has 47 heavy (non-hydrogen) atoms. The zero-order chi connectivity index (χ0) is 33.5. The van der Waals surface area contributed by atoms with Gasteiger partial charge in [-0.25, -0.2) is 19.0 Å². The molecule has 11 nitrogen and oxygen atoms in total. The van der Waals surface area contributed by atoms with Crippen LogP contribution in [-0.2, 0) is 12.5 Å². The molecule has 0 amide bonds. The maximum absolute atomic E-state index is 15.3. The summed E-state index contributed by atoms with van der Waals surface area (Å²) >= 11 is 0. The number of hydrogen-bond donors (Lipinski definition) is 1. The Labute approximate surface area is 271 Å². The molecule has 1 aliphatic heterocycles. The van der Waals surface area contributed by atoms with Crippen molar-refractivity contribution in [2.24, 2.45) is 7.05 Å². The molecule has 0 radical (unpaired) electrons. The van der Waals surface area contributed by atoms with Crippen molar-refractivity contribution in [1.82, 2.24) is 34.4 Å². The molecule has 0 spiro atoms. The Balaban J connectivity index is 1.35. The molecule has 1 saturated heterocycles. The van der Waals surface area contributed by atoms with Crippen LogP contribution in [-0.4, -0.2) is 60.3 Å². The average molecular weight is 637 g/mol. The summed E-state index contributed by atoms with van der Waals surface area (Å²) in [7, 11) is 1.50. The van der Waals surface area contributed by atoms with E-state index in [9.17, 15) is 14.4 Å². The Hall–Kier alpha value is -5.10. The predicted molar refractivity (Wildman–Crippen MR) is 179 cm³/mol. The molecule has 6 rings (SSSR count). The highest BCUT2D eigenvalue weighted by Crippen LogP contribution is 2.30. The van der Waals surface area contributed by atoms with Gasteiger partial charge in [0.25, 0.3) is 11.1 Å². The highest BCUT2D eigenvalue weighted by Gasteiger charge is 2.23. The highest BCUT2D eigenvalue weighted by molar-refractivity contribution is 5.91. The number of carbonyl (C=O) groups is 1. The van der Waals surface area contributed by atoms with Crippen molar-refractivity contribution in [3.8, 4) is 17.1 Å². The van der Waals surface area contributed by atoms with Crippen LogP contribution in [0.25, 0.3) is 27.8 Å². The van der Waals surface area contributed by atoms with E-state index in [0.29, 0.717) is 29.0 Å². The van der Waals surface area contributed by atoms with Crippen molar-refractivity contribution < 1.29 is 9.18 Å². The van der Waals surface area contributed by atoms with Crippen LogP contribution in [0.3, 0.4) is 0 Å². The Bertz CT molecular complexity index is 2090. The molecule has 1 N–H and O–H groups in total. The second-order valence-electron chi connectivity index (χ2n) is 12.9.